The average Bonchev–Trinajstić information content (AvgIpc) is 2.28. The molecule has 1 heterocycles. The van der Waals surface area contributed by atoms with Crippen LogP contribution in [0, 0.1) is 15.9 Å². The van der Waals surface area contributed by atoms with E-state index in [9.17, 15) is 14.5 Å². The molecule has 0 saturated carbocycles. The molecule has 2 N–H and O–H groups in total. The Balaban J connectivity index is 2.48. The minimum absolute atomic E-state index is 0.446. The summed E-state index contributed by atoms with van der Waals surface area (Å²) >= 11 is 0. The summed E-state index contributed by atoms with van der Waals surface area (Å²) in [6.07, 6.45) is 2.97. The van der Waals surface area contributed by atoms with Crippen molar-refractivity contribution in [2.24, 2.45) is 0 Å². The first kappa shape index (κ1) is 11.0. The minimum Gasteiger partial charge on any atom is -0.397 e. The standard InChI is InChI=1S/C11H8FN3O2/c12-10-4-7(1-2-11(10)15(16)17)8-3-9(13)6-14-5-8/h1-6H,13H2. The molecule has 0 aliphatic carbocycles. The van der Waals surface area contributed by atoms with Crippen molar-refractivity contribution >= 4 is 11.4 Å². The maximum atomic E-state index is 13.4. The molecule has 0 unspecified atom stereocenters. The number of halogens is 1. The first-order valence-electron chi connectivity index (χ1n) is 4.73. The molecule has 0 saturated heterocycles. The van der Waals surface area contributed by atoms with Gasteiger partial charge in [0.2, 0.25) is 5.82 Å². The quantitative estimate of drug-likeness (QED) is 0.637. The van der Waals surface area contributed by atoms with Crippen LogP contribution in [0.2, 0.25) is 0 Å². The molecule has 2 aromatic rings. The Bertz CT molecular complexity index is 587. The number of aromatic nitrogens is 1. The van der Waals surface area contributed by atoms with Crippen molar-refractivity contribution in [3.05, 3.63) is 52.6 Å². The van der Waals surface area contributed by atoms with Gasteiger partial charge in [0, 0.05) is 24.0 Å². The zero-order chi connectivity index (χ0) is 12.4. The average molecular weight is 233 g/mol. The Labute approximate surface area is 95.9 Å². The number of nitro benzene ring substituents is 1. The van der Waals surface area contributed by atoms with Gasteiger partial charge < -0.3 is 5.73 Å². The van der Waals surface area contributed by atoms with Crippen LogP contribution >= 0.6 is 0 Å². The smallest absolute Gasteiger partial charge is 0.304 e. The summed E-state index contributed by atoms with van der Waals surface area (Å²) in [5.41, 5.74) is 6.55. The predicted octanol–water partition coefficient (Wildman–Crippen LogP) is 2.38. The molecule has 6 heteroatoms. The highest BCUT2D eigenvalue weighted by Gasteiger charge is 2.14. The minimum atomic E-state index is -0.880. The maximum Gasteiger partial charge on any atom is 0.304 e. The Morgan fingerprint density at radius 2 is 2.00 bits per heavy atom. The van der Waals surface area contributed by atoms with E-state index in [4.69, 9.17) is 5.73 Å². The molecule has 1 aromatic heterocycles. The van der Waals surface area contributed by atoms with Gasteiger partial charge in [0.05, 0.1) is 10.6 Å². The van der Waals surface area contributed by atoms with Gasteiger partial charge in [-0.2, -0.15) is 4.39 Å². The Kier molecular flexibility index (Phi) is 2.70. The number of hydrogen-bond acceptors (Lipinski definition) is 4. The lowest BCUT2D eigenvalue weighted by molar-refractivity contribution is -0.387. The predicted molar refractivity (Wildman–Crippen MR) is 60.7 cm³/mol. The first-order chi connectivity index (χ1) is 8.08. The Morgan fingerprint density at radius 3 is 2.59 bits per heavy atom. The van der Waals surface area contributed by atoms with Gasteiger partial charge in [-0.3, -0.25) is 15.1 Å². The van der Waals surface area contributed by atoms with E-state index in [-0.39, 0.29) is 0 Å². The number of nitrogens with two attached hydrogens (primary N) is 1. The summed E-state index contributed by atoms with van der Waals surface area (Å²) in [6, 6.07) is 5.29. The van der Waals surface area contributed by atoms with Gasteiger partial charge >= 0.3 is 5.69 Å². The van der Waals surface area contributed by atoms with Crippen LogP contribution in [0.4, 0.5) is 15.8 Å². The highest BCUT2D eigenvalue weighted by molar-refractivity contribution is 5.67. The zero-order valence-electron chi connectivity index (χ0n) is 8.63. The van der Waals surface area contributed by atoms with Crippen LogP contribution < -0.4 is 5.73 Å². The van der Waals surface area contributed by atoms with E-state index in [1.807, 2.05) is 0 Å². The zero-order valence-corrected chi connectivity index (χ0v) is 8.63. The van der Waals surface area contributed by atoms with E-state index in [0.29, 0.717) is 16.8 Å². The second-order valence-corrected chi connectivity index (χ2v) is 3.43. The van der Waals surface area contributed by atoms with Crippen LogP contribution in [0.1, 0.15) is 0 Å². The summed E-state index contributed by atoms with van der Waals surface area (Å²) in [5, 5.41) is 10.5. The third-order valence-corrected chi connectivity index (χ3v) is 2.24. The molecule has 1 aromatic carbocycles. The summed E-state index contributed by atoms with van der Waals surface area (Å²) in [4.78, 5) is 13.6. The highest BCUT2D eigenvalue weighted by Crippen LogP contribution is 2.25. The summed E-state index contributed by atoms with van der Waals surface area (Å²) in [7, 11) is 0. The van der Waals surface area contributed by atoms with Crippen LogP contribution in [0.5, 0.6) is 0 Å². The number of hydrogen-bond donors (Lipinski definition) is 1. The summed E-state index contributed by atoms with van der Waals surface area (Å²) in [5.74, 6) is -0.880. The molecular formula is C11H8FN3O2. The number of anilines is 1. The molecule has 0 atom stereocenters. The van der Waals surface area contributed by atoms with E-state index in [1.165, 1.54) is 18.5 Å². The van der Waals surface area contributed by atoms with E-state index >= 15 is 0 Å². The van der Waals surface area contributed by atoms with Gasteiger partial charge in [-0.25, -0.2) is 0 Å². The monoisotopic (exact) mass is 233 g/mol. The van der Waals surface area contributed by atoms with E-state index in [2.05, 4.69) is 4.98 Å². The van der Waals surface area contributed by atoms with Crippen molar-refractivity contribution in [1.82, 2.24) is 4.98 Å². The van der Waals surface area contributed by atoms with Crippen LogP contribution in [-0.2, 0) is 0 Å². The number of benzene rings is 1. The molecular weight excluding hydrogens is 225 g/mol. The normalized spacial score (nSPS) is 10.2. The molecule has 0 fully saturated rings. The molecule has 0 aliphatic rings. The molecule has 0 radical (unpaired) electrons. The fourth-order valence-corrected chi connectivity index (χ4v) is 1.45. The third-order valence-electron chi connectivity index (χ3n) is 2.24. The van der Waals surface area contributed by atoms with Crippen LogP contribution in [0.25, 0.3) is 11.1 Å². The van der Waals surface area contributed by atoms with Crippen molar-refractivity contribution in [3.8, 4) is 11.1 Å². The van der Waals surface area contributed by atoms with Gasteiger partial charge in [0.25, 0.3) is 0 Å². The molecule has 0 aliphatic heterocycles. The lowest BCUT2D eigenvalue weighted by Crippen LogP contribution is -1.93. The van der Waals surface area contributed by atoms with Gasteiger partial charge in [-0.15, -0.1) is 0 Å². The Morgan fingerprint density at radius 1 is 1.24 bits per heavy atom. The number of pyridine rings is 1. The summed E-state index contributed by atoms with van der Waals surface area (Å²) in [6.45, 7) is 0. The number of nitrogen functional groups attached to an aromatic ring is 1. The molecule has 5 nitrogen and oxygen atoms in total. The second kappa shape index (κ2) is 4.17. The van der Waals surface area contributed by atoms with Gasteiger partial charge in [0.15, 0.2) is 0 Å². The number of nitro groups is 1. The van der Waals surface area contributed by atoms with Crippen molar-refractivity contribution in [2.45, 2.75) is 0 Å². The number of rotatable bonds is 2. The molecule has 2 rings (SSSR count). The van der Waals surface area contributed by atoms with Crippen molar-refractivity contribution in [1.29, 1.82) is 0 Å². The lowest BCUT2D eigenvalue weighted by atomic mass is 10.1. The number of nitrogens with zero attached hydrogens (tertiary/aromatic N) is 2. The van der Waals surface area contributed by atoms with Crippen molar-refractivity contribution < 1.29 is 9.31 Å². The SMILES string of the molecule is Nc1cncc(-c2ccc([N+](=O)[O-])c(F)c2)c1. The maximum absolute atomic E-state index is 13.4. The van der Waals surface area contributed by atoms with Crippen molar-refractivity contribution in [2.75, 3.05) is 5.73 Å². The first-order valence-corrected chi connectivity index (χ1v) is 4.73. The second-order valence-electron chi connectivity index (χ2n) is 3.43. The largest absolute Gasteiger partial charge is 0.397 e. The van der Waals surface area contributed by atoms with Crippen LogP contribution in [0.15, 0.2) is 36.7 Å². The van der Waals surface area contributed by atoms with Gasteiger partial charge in [0.1, 0.15) is 0 Å². The third kappa shape index (κ3) is 2.20. The molecule has 86 valence electrons. The van der Waals surface area contributed by atoms with Crippen LogP contribution in [-0.4, -0.2) is 9.91 Å². The van der Waals surface area contributed by atoms with E-state index in [1.54, 1.807) is 6.07 Å². The topological polar surface area (TPSA) is 82.0 Å². The van der Waals surface area contributed by atoms with Gasteiger partial charge in [-0.1, -0.05) is 0 Å². The fourth-order valence-electron chi connectivity index (χ4n) is 1.45. The highest BCUT2D eigenvalue weighted by atomic mass is 19.1. The van der Waals surface area contributed by atoms with Crippen molar-refractivity contribution in [3.63, 3.8) is 0 Å². The fraction of sp³-hybridized carbons (Fsp3) is 0. The van der Waals surface area contributed by atoms with Gasteiger partial charge in [-0.05, 0) is 23.8 Å². The van der Waals surface area contributed by atoms with E-state index < -0.39 is 16.4 Å². The van der Waals surface area contributed by atoms with E-state index in [0.717, 1.165) is 12.1 Å². The molecule has 17 heavy (non-hydrogen) atoms. The Hall–Kier alpha value is -2.50. The molecule has 0 bridgehead atoms. The van der Waals surface area contributed by atoms with Crippen LogP contribution in [0.3, 0.4) is 0 Å². The molecule has 0 spiro atoms. The summed E-state index contributed by atoms with van der Waals surface area (Å²) < 4.78 is 13.4. The molecule has 0 amide bonds. The lowest BCUT2D eigenvalue weighted by Gasteiger charge is -2.02.